The molecule has 0 spiro atoms. The van der Waals surface area contributed by atoms with Crippen LogP contribution in [0, 0.1) is 0 Å². The number of nitrogens with one attached hydrogen (secondary N) is 6. The van der Waals surface area contributed by atoms with Gasteiger partial charge in [0.25, 0.3) is 0 Å². The lowest BCUT2D eigenvalue weighted by Gasteiger charge is -2.26. The van der Waals surface area contributed by atoms with E-state index in [0.29, 0.717) is 18.4 Å². The number of likely N-dealkylation sites (tertiary alicyclic amines) is 1. The van der Waals surface area contributed by atoms with Gasteiger partial charge in [0, 0.05) is 26.3 Å². The van der Waals surface area contributed by atoms with Gasteiger partial charge in [-0.2, -0.15) is 8.42 Å². The van der Waals surface area contributed by atoms with Crippen molar-refractivity contribution in [2.75, 3.05) is 19.7 Å². The minimum absolute atomic E-state index is 0.171. The van der Waals surface area contributed by atoms with Gasteiger partial charge in [-0.3, -0.25) is 47.9 Å². The molecule has 1 aliphatic rings. The van der Waals surface area contributed by atoms with Crippen molar-refractivity contribution in [1.82, 2.24) is 36.8 Å². The van der Waals surface area contributed by atoms with Crippen LogP contribution in [0.2, 0.25) is 0 Å². The van der Waals surface area contributed by atoms with Crippen LogP contribution in [-0.2, 0) is 75.4 Å². The van der Waals surface area contributed by atoms with Gasteiger partial charge in [0.05, 0.1) is 19.4 Å². The molecule has 0 bridgehead atoms. The lowest BCUT2D eigenvalue weighted by atomic mass is 10.0. The van der Waals surface area contributed by atoms with E-state index in [2.05, 4.69) is 36.1 Å². The number of hydrogen-bond donors (Lipinski definition) is 10. The average molecular weight is 1050 g/mol. The molecule has 378 valence electrons. The second kappa shape index (κ2) is 25.8. The molecule has 29 heteroatoms. The number of carbonyl (C=O) groups excluding carboxylic acids is 8. The molecule has 2 aromatic carbocycles. The number of alkyl halides is 3. The predicted octanol–water partition coefficient (Wildman–Crippen LogP) is -1.81. The molecule has 0 unspecified atom stereocenters. The van der Waals surface area contributed by atoms with E-state index in [-0.39, 0.29) is 30.0 Å². The Balaban J connectivity index is 1.90. The molecule has 0 aliphatic carbocycles. The van der Waals surface area contributed by atoms with E-state index in [1.54, 1.807) is 0 Å². The predicted molar refractivity (Wildman–Crippen MR) is 240 cm³/mol. The number of nitrogens with zero attached hydrogens (tertiary/aromatic N) is 1. The summed E-state index contributed by atoms with van der Waals surface area (Å²) in [6.45, 7) is 0.852. The van der Waals surface area contributed by atoms with Crippen LogP contribution in [0.4, 0.5) is 0 Å². The number of nitrogens with two attached hydrogens (primary N) is 1. The topological polar surface area (TPSA) is 385 Å². The molecule has 1 aliphatic heterocycles. The largest absolute Gasteiger partial charge is 0.508 e. The molecule has 1 fully saturated rings. The summed E-state index contributed by atoms with van der Waals surface area (Å²) in [5, 5.41) is 42.5. The van der Waals surface area contributed by atoms with Gasteiger partial charge in [0.2, 0.25) is 51.0 Å². The number of aliphatic carboxylic acids is 2. The second-order valence-corrected chi connectivity index (χ2v) is 19.1. The highest BCUT2D eigenvalue weighted by atomic mass is 35.6. The standard InChI is InChI=1S/C40H49Cl3N8O17S/c1-20(39(64)51-13-3-4-30(51)34(44)59)46-31(54)18-45-35(60)26(14-23-7-11-25(12-8-23)68-69(65,66)67-19-40(41,42)43)48-38(63)29(17-33(57)58)50-36(61)27(15-22-5-9-24(53)10-6-22)49-37(62)28(16-32(55)56)47-21(2)52/h5-12,20,26-30,53H,3-4,13-19H2,1-2H3,(H2,44,59)(H,45,60)(H,46,54)(H,47,52)(H,48,63)(H,49,62)(H,50,61)(H,55,56)(H,57,58)/t20-,26-,27-,28-,29-,30-/m0/s1. The van der Waals surface area contributed by atoms with E-state index in [4.69, 9.17) is 44.7 Å². The Hall–Kier alpha value is -6.48. The third-order valence-electron chi connectivity index (χ3n) is 9.69. The van der Waals surface area contributed by atoms with Crippen molar-refractivity contribution in [2.24, 2.45) is 5.73 Å². The van der Waals surface area contributed by atoms with Crippen LogP contribution < -0.4 is 41.8 Å². The van der Waals surface area contributed by atoms with Gasteiger partial charge < -0.3 is 62.0 Å². The molecule has 69 heavy (non-hydrogen) atoms. The third-order valence-corrected chi connectivity index (χ3v) is 10.8. The molecule has 25 nitrogen and oxygen atoms in total. The highest BCUT2D eigenvalue weighted by molar-refractivity contribution is 7.82. The molecule has 2 aromatic rings. The molecule has 8 amide bonds. The lowest BCUT2D eigenvalue weighted by Crippen LogP contribution is -2.59. The summed E-state index contributed by atoms with van der Waals surface area (Å²) < 4.78 is 31.7. The van der Waals surface area contributed by atoms with Gasteiger partial charge >= 0.3 is 22.3 Å². The van der Waals surface area contributed by atoms with E-state index in [9.17, 15) is 71.7 Å². The van der Waals surface area contributed by atoms with Gasteiger partial charge in [-0.15, -0.1) is 0 Å². The molecule has 6 atom stereocenters. The quantitative estimate of drug-likeness (QED) is 0.0490. The fraction of sp³-hybridized carbons (Fsp3) is 0.450. The van der Waals surface area contributed by atoms with Crippen molar-refractivity contribution in [3.63, 3.8) is 0 Å². The van der Waals surface area contributed by atoms with Gasteiger partial charge in [-0.25, -0.2) is 4.18 Å². The second-order valence-electron chi connectivity index (χ2n) is 15.3. The zero-order valence-electron chi connectivity index (χ0n) is 36.6. The SMILES string of the molecule is CC(=O)N[C@@H](CC(=O)O)C(=O)N[C@@H](Cc1ccc(O)cc1)C(=O)N[C@@H](CC(=O)O)C(=O)N[C@@H](Cc1ccc(OS(=O)(=O)OCC(Cl)(Cl)Cl)cc1)C(=O)NCC(=O)N[C@@H](C)C(=O)N1CCC[C@H]1C(N)=O. The zero-order valence-corrected chi connectivity index (χ0v) is 39.7. The van der Waals surface area contributed by atoms with Gasteiger partial charge in [0.15, 0.2) is 0 Å². The maximum absolute atomic E-state index is 13.9. The summed E-state index contributed by atoms with van der Waals surface area (Å²) in [5.74, 6) is -11.4. The molecule has 0 saturated carbocycles. The minimum atomic E-state index is -4.76. The maximum Gasteiger partial charge on any atom is 0.449 e. The normalized spacial score (nSPS) is 15.7. The first-order chi connectivity index (χ1) is 32.1. The Labute approximate surface area is 408 Å². The molecule has 0 aromatic heterocycles. The fourth-order valence-electron chi connectivity index (χ4n) is 6.53. The van der Waals surface area contributed by atoms with Gasteiger partial charge in [-0.05, 0) is 55.2 Å². The number of phenolic OH excluding ortho intramolecular Hbond substituents is 1. The van der Waals surface area contributed by atoms with Crippen LogP contribution in [0.3, 0.4) is 0 Å². The summed E-state index contributed by atoms with van der Waals surface area (Å²) >= 11 is 16.6. The number of primary amides is 1. The number of halogens is 3. The number of hydrogen-bond acceptors (Lipinski definition) is 15. The van der Waals surface area contributed by atoms with Crippen LogP contribution in [0.25, 0.3) is 0 Å². The maximum atomic E-state index is 13.9. The first-order valence-corrected chi connectivity index (χ1v) is 22.9. The highest BCUT2D eigenvalue weighted by Gasteiger charge is 2.36. The number of phenols is 1. The lowest BCUT2D eigenvalue weighted by molar-refractivity contribution is -0.141. The molecule has 1 heterocycles. The van der Waals surface area contributed by atoms with E-state index in [0.717, 1.165) is 19.1 Å². The molecule has 1 saturated heterocycles. The number of aromatic hydroxyl groups is 1. The van der Waals surface area contributed by atoms with E-state index >= 15 is 0 Å². The van der Waals surface area contributed by atoms with E-state index in [1.165, 1.54) is 48.2 Å². The van der Waals surface area contributed by atoms with Crippen molar-refractivity contribution < 1.29 is 80.0 Å². The van der Waals surface area contributed by atoms with Crippen molar-refractivity contribution in [2.45, 2.75) is 92.4 Å². The van der Waals surface area contributed by atoms with Crippen LogP contribution in [0.15, 0.2) is 48.5 Å². The average Bonchev–Trinajstić information content (AvgIpc) is 3.75. The monoisotopic (exact) mass is 1050 g/mol. The number of benzene rings is 2. The molecule has 11 N–H and O–H groups in total. The van der Waals surface area contributed by atoms with Gasteiger partial charge in [-0.1, -0.05) is 59.1 Å². The van der Waals surface area contributed by atoms with Gasteiger partial charge in [0.1, 0.15) is 54.4 Å². The Bertz CT molecular complexity index is 2340. The number of carboxylic acids is 2. The number of carbonyl (C=O) groups is 10. The Morgan fingerprint density at radius 2 is 1.23 bits per heavy atom. The van der Waals surface area contributed by atoms with E-state index in [1.807, 2.05) is 0 Å². The zero-order chi connectivity index (χ0) is 51.8. The molecular formula is C40H49Cl3N8O17S. The first kappa shape index (κ1) is 56.8. The van der Waals surface area contributed by atoms with Crippen molar-refractivity contribution >= 4 is 104 Å². The number of amides is 8. The molecule has 3 rings (SSSR count). The van der Waals surface area contributed by atoms with Crippen LogP contribution in [0.5, 0.6) is 11.5 Å². The van der Waals surface area contributed by atoms with E-state index < -0.39 is 142 Å². The minimum Gasteiger partial charge on any atom is -0.508 e. The van der Waals surface area contributed by atoms with Crippen molar-refractivity contribution in [3.8, 4) is 11.5 Å². The van der Waals surface area contributed by atoms with Crippen LogP contribution in [-0.4, -0.2) is 148 Å². The fourth-order valence-corrected chi connectivity index (χ4v) is 7.61. The van der Waals surface area contributed by atoms with Crippen molar-refractivity contribution in [1.29, 1.82) is 0 Å². The summed E-state index contributed by atoms with van der Waals surface area (Å²) in [4.78, 5) is 129. The first-order valence-electron chi connectivity index (χ1n) is 20.4. The Morgan fingerprint density at radius 3 is 1.72 bits per heavy atom. The molecular weight excluding hydrogens is 1000 g/mol. The smallest absolute Gasteiger partial charge is 0.449 e. The summed E-state index contributed by atoms with van der Waals surface area (Å²) in [6, 6.07) is 0.771. The summed E-state index contributed by atoms with van der Waals surface area (Å²) in [5.41, 5.74) is 5.89. The molecule has 0 radical (unpaired) electrons. The number of rotatable bonds is 25. The summed E-state index contributed by atoms with van der Waals surface area (Å²) in [7, 11) is -4.76. The Kier molecular flexibility index (Phi) is 21.2. The third kappa shape index (κ3) is 20.0. The van der Waals surface area contributed by atoms with Crippen LogP contribution >= 0.6 is 34.8 Å². The Morgan fingerprint density at radius 1 is 0.754 bits per heavy atom. The number of carboxylic acid groups (broad SMARTS) is 2. The highest BCUT2D eigenvalue weighted by Crippen LogP contribution is 2.27. The van der Waals surface area contributed by atoms with Crippen LogP contribution in [0.1, 0.15) is 50.7 Å². The summed E-state index contributed by atoms with van der Waals surface area (Å²) in [6.07, 6.45) is -2.07. The van der Waals surface area contributed by atoms with Crippen molar-refractivity contribution in [3.05, 3.63) is 59.7 Å².